The summed E-state index contributed by atoms with van der Waals surface area (Å²) in [6, 6.07) is 12.7. The molecule has 1 saturated carbocycles. The molecule has 2 fully saturated rings. The van der Waals surface area contributed by atoms with Gasteiger partial charge in [0, 0.05) is 31.4 Å². The molecule has 1 aromatic carbocycles. The number of ether oxygens (including phenoxy) is 1. The molecule has 13 nitrogen and oxygen atoms in total. The number of carbonyl (C=O) groups is 4. The first-order chi connectivity index (χ1) is 25.2. The van der Waals surface area contributed by atoms with Crippen molar-refractivity contribution < 1.29 is 29.0 Å². The van der Waals surface area contributed by atoms with Crippen molar-refractivity contribution in [2.24, 2.45) is 11.3 Å². The zero-order valence-corrected chi connectivity index (χ0v) is 32.6. The Hall–Kier alpha value is -4.23. The molecule has 1 aliphatic carbocycles. The SMILES string of the molecule is CC[C@H](C)[C@@H](C(=O)N[C@@H](Cc1ccccc1)[C@@H](O)CN(NC(=O)[C@@H](NC(=O)OC)C(C)(C)C)C1CCCCC1)N1CCN(Cc2cccc(C)n2)C1=O. The highest BCUT2D eigenvalue weighted by Crippen LogP contribution is 2.26. The van der Waals surface area contributed by atoms with Crippen LogP contribution < -0.4 is 16.1 Å². The van der Waals surface area contributed by atoms with E-state index in [9.17, 15) is 24.3 Å². The molecule has 5 atom stereocenters. The van der Waals surface area contributed by atoms with E-state index in [0.29, 0.717) is 32.5 Å². The molecule has 0 radical (unpaired) electrons. The number of nitrogens with zero attached hydrogens (tertiary/aromatic N) is 4. The second kappa shape index (κ2) is 19.2. The van der Waals surface area contributed by atoms with E-state index in [1.54, 1.807) is 14.8 Å². The first-order valence-electron chi connectivity index (χ1n) is 19.1. The Labute approximate surface area is 315 Å². The molecule has 0 spiro atoms. The maximum Gasteiger partial charge on any atom is 0.407 e. The van der Waals surface area contributed by atoms with Crippen LogP contribution in [0.1, 0.15) is 90.1 Å². The van der Waals surface area contributed by atoms with Crippen LogP contribution in [0.2, 0.25) is 0 Å². The van der Waals surface area contributed by atoms with Gasteiger partial charge >= 0.3 is 12.1 Å². The highest BCUT2D eigenvalue weighted by atomic mass is 16.5. The van der Waals surface area contributed by atoms with Gasteiger partial charge in [0.25, 0.3) is 5.91 Å². The maximum atomic E-state index is 14.4. The van der Waals surface area contributed by atoms with Crippen LogP contribution in [0.4, 0.5) is 9.59 Å². The number of aliphatic hydroxyl groups is 1. The number of methoxy groups -OCH3 is 1. The molecule has 1 aromatic heterocycles. The summed E-state index contributed by atoms with van der Waals surface area (Å²) >= 11 is 0. The minimum absolute atomic E-state index is 0.0389. The molecule has 5 amide bonds. The topological polar surface area (TPSA) is 156 Å². The molecule has 13 heteroatoms. The lowest BCUT2D eigenvalue weighted by molar-refractivity contribution is -0.134. The number of nitrogens with one attached hydrogen (secondary N) is 3. The number of pyridine rings is 1. The number of aromatic nitrogens is 1. The Bertz CT molecular complexity index is 1510. The summed E-state index contributed by atoms with van der Waals surface area (Å²) in [5.74, 6) is -0.897. The first kappa shape index (κ1) is 41.5. The van der Waals surface area contributed by atoms with E-state index in [1.807, 2.05) is 90.1 Å². The summed E-state index contributed by atoms with van der Waals surface area (Å²) in [5, 5.41) is 19.7. The minimum atomic E-state index is -1.10. The molecule has 0 unspecified atom stereocenters. The molecule has 4 rings (SSSR count). The fourth-order valence-corrected chi connectivity index (χ4v) is 7.30. The van der Waals surface area contributed by atoms with Crippen LogP contribution in [-0.2, 0) is 27.3 Å². The smallest absolute Gasteiger partial charge is 0.407 e. The minimum Gasteiger partial charge on any atom is -0.453 e. The lowest BCUT2D eigenvalue weighted by Crippen LogP contribution is -2.62. The highest BCUT2D eigenvalue weighted by molar-refractivity contribution is 5.88. The second-order valence-electron chi connectivity index (χ2n) is 15.7. The Morgan fingerprint density at radius 1 is 1.00 bits per heavy atom. The van der Waals surface area contributed by atoms with Gasteiger partial charge in [0.05, 0.1) is 31.5 Å². The molecule has 2 aromatic rings. The van der Waals surface area contributed by atoms with Crippen LogP contribution in [0, 0.1) is 18.3 Å². The molecule has 2 aliphatic rings. The maximum absolute atomic E-state index is 14.4. The van der Waals surface area contributed by atoms with E-state index in [0.717, 1.165) is 49.1 Å². The van der Waals surface area contributed by atoms with E-state index in [-0.39, 0.29) is 30.4 Å². The van der Waals surface area contributed by atoms with Gasteiger partial charge in [0.2, 0.25) is 5.91 Å². The number of carbonyl (C=O) groups excluding carboxylic acids is 4. The molecule has 2 heterocycles. The predicted octanol–water partition coefficient (Wildman–Crippen LogP) is 4.57. The standard InChI is InChI=1S/C40H61N7O6/c1-8-27(2)34(46-23-22-45(39(46)52)25-30-19-15-16-28(3)41-30)36(49)42-32(24-29-17-11-9-12-18-29)33(48)26-47(31-20-13-10-14-21-31)44-37(50)35(40(4,5)6)43-38(51)53-7/h9,11-12,15-19,27,31-35,48H,8,10,13-14,20-26H2,1-7H3,(H,42,49)(H,43,51)(H,44,50)/t27-,32-,33-,34-,35+/m0/s1. The fraction of sp³-hybridized carbons (Fsp3) is 0.625. The van der Waals surface area contributed by atoms with Gasteiger partial charge in [-0.3, -0.25) is 20.0 Å². The van der Waals surface area contributed by atoms with Crippen molar-refractivity contribution in [3.05, 3.63) is 65.5 Å². The number of rotatable bonds is 16. The average Bonchev–Trinajstić information content (AvgIpc) is 3.48. The zero-order valence-electron chi connectivity index (χ0n) is 32.6. The van der Waals surface area contributed by atoms with E-state index >= 15 is 0 Å². The normalized spacial score (nSPS) is 18.2. The Balaban J connectivity index is 1.58. The average molecular weight is 736 g/mol. The van der Waals surface area contributed by atoms with E-state index < -0.39 is 41.6 Å². The Kier molecular flexibility index (Phi) is 15.0. The third-order valence-electron chi connectivity index (χ3n) is 10.5. The summed E-state index contributed by atoms with van der Waals surface area (Å²) in [7, 11) is 1.25. The van der Waals surface area contributed by atoms with Gasteiger partial charge in [-0.2, -0.15) is 0 Å². The molecule has 4 N–H and O–H groups in total. The van der Waals surface area contributed by atoms with Crippen molar-refractivity contribution in [3.8, 4) is 0 Å². The molecule has 1 saturated heterocycles. The van der Waals surface area contributed by atoms with Gasteiger partial charge in [-0.1, -0.05) is 96.7 Å². The summed E-state index contributed by atoms with van der Waals surface area (Å²) in [6.07, 6.45) is 3.91. The lowest BCUT2D eigenvalue weighted by Gasteiger charge is -2.39. The summed E-state index contributed by atoms with van der Waals surface area (Å²) in [5.41, 5.74) is 5.00. The first-order valence-corrected chi connectivity index (χ1v) is 19.1. The van der Waals surface area contributed by atoms with Gasteiger partial charge in [-0.25, -0.2) is 14.6 Å². The third kappa shape index (κ3) is 11.6. The second-order valence-corrected chi connectivity index (χ2v) is 15.7. The van der Waals surface area contributed by atoms with E-state index in [2.05, 4.69) is 21.0 Å². The predicted molar refractivity (Wildman–Crippen MR) is 203 cm³/mol. The van der Waals surface area contributed by atoms with Crippen molar-refractivity contribution in [1.82, 2.24) is 35.9 Å². The Morgan fingerprint density at radius 2 is 1.70 bits per heavy atom. The number of benzene rings is 1. The molecule has 1 aliphatic heterocycles. The molecule has 53 heavy (non-hydrogen) atoms. The quantitative estimate of drug-likeness (QED) is 0.183. The number of hydrazine groups is 1. The third-order valence-corrected chi connectivity index (χ3v) is 10.5. The summed E-state index contributed by atoms with van der Waals surface area (Å²) in [4.78, 5) is 62.2. The van der Waals surface area contributed by atoms with Gasteiger partial charge in [0.15, 0.2) is 0 Å². The number of hydrogen-bond acceptors (Lipinski definition) is 8. The van der Waals surface area contributed by atoms with E-state index in [1.165, 1.54) is 7.11 Å². The van der Waals surface area contributed by atoms with Gasteiger partial charge in [0.1, 0.15) is 12.1 Å². The van der Waals surface area contributed by atoms with Crippen molar-refractivity contribution >= 4 is 23.9 Å². The van der Waals surface area contributed by atoms with Crippen molar-refractivity contribution in [2.45, 2.75) is 123 Å². The number of aryl methyl sites for hydroxylation is 1. The van der Waals surface area contributed by atoms with E-state index in [4.69, 9.17) is 4.74 Å². The lowest BCUT2D eigenvalue weighted by atomic mass is 9.86. The van der Waals surface area contributed by atoms with Crippen LogP contribution in [0.25, 0.3) is 0 Å². The number of urea groups is 1. The largest absolute Gasteiger partial charge is 0.453 e. The van der Waals surface area contributed by atoms with Gasteiger partial charge in [-0.15, -0.1) is 0 Å². The number of aliphatic hydroxyl groups excluding tert-OH is 1. The Morgan fingerprint density at radius 3 is 2.32 bits per heavy atom. The van der Waals surface area contributed by atoms with Gasteiger partial charge < -0.3 is 30.3 Å². The van der Waals surface area contributed by atoms with Crippen LogP contribution in [0.5, 0.6) is 0 Å². The molecule has 292 valence electrons. The number of alkyl carbamates (subject to hydrolysis) is 1. The number of hydrogen-bond donors (Lipinski definition) is 4. The summed E-state index contributed by atoms with van der Waals surface area (Å²) in [6.45, 7) is 12.7. The fourth-order valence-electron chi connectivity index (χ4n) is 7.30. The van der Waals surface area contributed by atoms with Crippen LogP contribution in [0.3, 0.4) is 0 Å². The summed E-state index contributed by atoms with van der Waals surface area (Å²) < 4.78 is 4.81. The zero-order chi connectivity index (χ0) is 38.7. The molecular weight excluding hydrogens is 674 g/mol. The molecule has 0 bridgehead atoms. The van der Waals surface area contributed by atoms with Crippen LogP contribution in [-0.4, -0.2) is 106 Å². The monoisotopic (exact) mass is 735 g/mol. The number of amides is 5. The van der Waals surface area contributed by atoms with Gasteiger partial charge in [-0.05, 0) is 55.2 Å². The van der Waals surface area contributed by atoms with Crippen molar-refractivity contribution in [1.29, 1.82) is 0 Å². The van der Waals surface area contributed by atoms with Crippen LogP contribution in [0.15, 0.2) is 48.5 Å². The van der Waals surface area contributed by atoms with Crippen LogP contribution >= 0.6 is 0 Å². The van der Waals surface area contributed by atoms with Crippen molar-refractivity contribution in [2.75, 3.05) is 26.7 Å². The van der Waals surface area contributed by atoms with Crippen molar-refractivity contribution in [3.63, 3.8) is 0 Å². The highest BCUT2D eigenvalue weighted by Gasteiger charge is 2.41. The molecular formula is C40H61N7O6.